The molecule has 0 aromatic carbocycles. The van der Waals surface area contributed by atoms with Gasteiger partial charge in [0.25, 0.3) is 10.0 Å². The zero-order chi connectivity index (χ0) is 15.2. The average molecular weight is 322 g/mol. The third-order valence-corrected chi connectivity index (χ3v) is 5.41. The summed E-state index contributed by atoms with van der Waals surface area (Å²) in [6.07, 6.45) is 3.62. The first-order valence-corrected chi connectivity index (χ1v) is 9.06. The quantitative estimate of drug-likeness (QED) is 0.711. The maximum absolute atomic E-state index is 12.7. The average Bonchev–Trinajstić information content (AvgIpc) is 2.80. The number of hydrogen-bond donors (Lipinski definition) is 1. The van der Waals surface area contributed by atoms with E-state index in [2.05, 4.69) is 10.2 Å². The minimum Gasteiger partial charge on any atom is -0.281 e. The molecule has 1 heterocycles. The Labute approximate surface area is 126 Å². The Kier molecular flexibility index (Phi) is 6.99. The molecule has 0 radical (unpaired) electrons. The van der Waals surface area contributed by atoms with Crippen molar-refractivity contribution in [3.8, 4) is 0 Å². The van der Waals surface area contributed by atoms with Crippen LogP contribution >= 0.6 is 11.6 Å². The van der Waals surface area contributed by atoms with E-state index in [1.807, 2.05) is 13.8 Å². The summed E-state index contributed by atoms with van der Waals surface area (Å²) in [5.41, 5.74) is 1.29. The van der Waals surface area contributed by atoms with Gasteiger partial charge in [-0.15, -0.1) is 11.6 Å². The molecular weight excluding hydrogens is 298 g/mol. The Morgan fingerprint density at radius 2 is 1.75 bits per heavy atom. The van der Waals surface area contributed by atoms with Crippen LogP contribution in [0.1, 0.15) is 50.8 Å². The molecule has 0 aliphatic rings. The molecule has 20 heavy (non-hydrogen) atoms. The lowest BCUT2D eigenvalue weighted by Gasteiger charge is -2.21. The van der Waals surface area contributed by atoms with Crippen molar-refractivity contribution in [2.75, 3.05) is 13.1 Å². The molecule has 1 rings (SSSR count). The van der Waals surface area contributed by atoms with Crippen molar-refractivity contribution < 1.29 is 8.42 Å². The Hall–Kier alpha value is -0.590. The minimum atomic E-state index is -3.56. The molecule has 0 saturated heterocycles. The lowest BCUT2D eigenvalue weighted by atomic mass is 10.3. The largest absolute Gasteiger partial charge is 0.281 e. The number of rotatable bonds is 9. The normalized spacial score (nSPS) is 12.2. The van der Waals surface area contributed by atoms with Crippen LogP contribution in [0.2, 0.25) is 0 Å². The Morgan fingerprint density at radius 1 is 1.20 bits per heavy atom. The van der Waals surface area contributed by atoms with Gasteiger partial charge in [0.15, 0.2) is 5.03 Å². The van der Waals surface area contributed by atoms with E-state index in [0.29, 0.717) is 24.3 Å². The molecule has 0 atom stereocenters. The van der Waals surface area contributed by atoms with Crippen LogP contribution in [0.4, 0.5) is 0 Å². The predicted octanol–water partition coefficient (Wildman–Crippen LogP) is 3.05. The fourth-order valence-corrected chi connectivity index (χ4v) is 4.03. The summed E-state index contributed by atoms with van der Waals surface area (Å²) in [7, 11) is -3.56. The molecular formula is C13H24ClN3O2S. The molecule has 1 aromatic rings. The molecule has 0 fully saturated rings. The van der Waals surface area contributed by atoms with Crippen LogP contribution in [0, 0.1) is 6.92 Å². The van der Waals surface area contributed by atoms with Gasteiger partial charge in [-0.25, -0.2) is 8.42 Å². The number of nitrogens with zero attached hydrogens (tertiary/aromatic N) is 2. The zero-order valence-corrected chi connectivity index (χ0v) is 14.0. The topological polar surface area (TPSA) is 66.1 Å². The summed E-state index contributed by atoms with van der Waals surface area (Å²) < 4.78 is 27.0. The van der Waals surface area contributed by atoms with Crippen LogP contribution in [0.25, 0.3) is 0 Å². The van der Waals surface area contributed by atoms with E-state index >= 15 is 0 Å². The highest BCUT2D eigenvalue weighted by Crippen LogP contribution is 2.22. The van der Waals surface area contributed by atoms with Crippen molar-refractivity contribution in [1.29, 1.82) is 0 Å². The van der Waals surface area contributed by atoms with E-state index in [1.54, 1.807) is 6.92 Å². The van der Waals surface area contributed by atoms with Gasteiger partial charge >= 0.3 is 0 Å². The van der Waals surface area contributed by atoms with Gasteiger partial charge in [-0.05, 0) is 19.8 Å². The number of aryl methyl sites for hydroxylation is 1. The molecule has 0 spiro atoms. The van der Waals surface area contributed by atoms with Gasteiger partial charge in [0, 0.05) is 24.3 Å². The fraction of sp³-hybridized carbons (Fsp3) is 0.769. The standard InChI is InChI=1S/C13H24ClN3O2S/c1-4-6-8-17(9-7-5-2)20(18,19)13-12(10-14)11(3)15-16-13/h4-10H2,1-3H3,(H,15,16). The molecule has 0 unspecified atom stereocenters. The second kappa shape index (κ2) is 8.00. The first-order chi connectivity index (χ1) is 9.48. The molecule has 1 N–H and O–H groups in total. The van der Waals surface area contributed by atoms with Gasteiger partial charge in [-0.1, -0.05) is 26.7 Å². The van der Waals surface area contributed by atoms with Gasteiger partial charge in [0.05, 0.1) is 5.88 Å². The number of aromatic nitrogens is 2. The van der Waals surface area contributed by atoms with Crippen LogP contribution in [0.5, 0.6) is 0 Å². The number of aromatic amines is 1. The molecule has 7 heteroatoms. The van der Waals surface area contributed by atoms with Crippen molar-refractivity contribution in [1.82, 2.24) is 14.5 Å². The highest BCUT2D eigenvalue weighted by molar-refractivity contribution is 7.89. The summed E-state index contributed by atoms with van der Waals surface area (Å²) in [5, 5.41) is 6.76. The molecule has 0 saturated carbocycles. The first kappa shape index (κ1) is 17.5. The maximum Gasteiger partial charge on any atom is 0.262 e. The van der Waals surface area contributed by atoms with Crippen LogP contribution < -0.4 is 0 Å². The number of sulfonamides is 1. The lowest BCUT2D eigenvalue weighted by molar-refractivity contribution is 0.393. The van der Waals surface area contributed by atoms with Crippen LogP contribution in [0.15, 0.2) is 5.03 Å². The van der Waals surface area contributed by atoms with Crippen molar-refractivity contribution in [2.24, 2.45) is 0 Å². The summed E-state index contributed by atoms with van der Waals surface area (Å²) in [4.78, 5) is 0. The molecule has 0 bridgehead atoms. The van der Waals surface area contributed by atoms with Crippen LogP contribution in [-0.4, -0.2) is 36.0 Å². The third kappa shape index (κ3) is 3.96. The van der Waals surface area contributed by atoms with Crippen molar-refractivity contribution >= 4 is 21.6 Å². The zero-order valence-electron chi connectivity index (χ0n) is 12.4. The van der Waals surface area contributed by atoms with E-state index in [4.69, 9.17) is 11.6 Å². The smallest absolute Gasteiger partial charge is 0.262 e. The lowest BCUT2D eigenvalue weighted by Crippen LogP contribution is -2.33. The first-order valence-electron chi connectivity index (χ1n) is 7.08. The predicted molar refractivity (Wildman–Crippen MR) is 81.5 cm³/mol. The number of unbranched alkanes of at least 4 members (excludes halogenated alkanes) is 2. The molecule has 116 valence electrons. The van der Waals surface area contributed by atoms with Gasteiger partial charge in [0.2, 0.25) is 0 Å². The van der Waals surface area contributed by atoms with Gasteiger partial charge in [-0.2, -0.15) is 9.40 Å². The van der Waals surface area contributed by atoms with Crippen molar-refractivity contribution in [3.63, 3.8) is 0 Å². The summed E-state index contributed by atoms with van der Waals surface area (Å²) in [6, 6.07) is 0. The number of alkyl halides is 1. The number of H-pyrrole nitrogens is 1. The van der Waals surface area contributed by atoms with E-state index in [0.717, 1.165) is 25.7 Å². The van der Waals surface area contributed by atoms with Crippen LogP contribution in [0.3, 0.4) is 0 Å². The number of halogens is 1. The second-order valence-corrected chi connectivity index (χ2v) is 7.00. The van der Waals surface area contributed by atoms with Crippen molar-refractivity contribution in [3.05, 3.63) is 11.3 Å². The minimum absolute atomic E-state index is 0.0807. The Morgan fingerprint density at radius 3 is 2.20 bits per heavy atom. The number of nitrogens with one attached hydrogen (secondary N) is 1. The van der Waals surface area contributed by atoms with E-state index in [9.17, 15) is 8.42 Å². The van der Waals surface area contributed by atoms with Gasteiger partial charge < -0.3 is 0 Å². The van der Waals surface area contributed by atoms with E-state index in [1.165, 1.54) is 4.31 Å². The fourth-order valence-electron chi connectivity index (χ4n) is 1.94. The highest BCUT2D eigenvalue weighted by atomic mass is 35.5. The van der Waals surface area contributed by atoms with Gasteiger partial charge in [-0.3, -0.25) is 5.10 Å². The highest BCUT2D eigenvalue weighted by Gasteiger charge is 2.29. The van der Waals surface area contributed by atoms with E-state index in [-0.39, 0.29) is 10.9 Å². The Balaban J connectivity index is 3.07. The summed E-state index contributed by atoms with van der Waals surface area (Å²) in [5.74, 6) is 0.145. The van der Waals surface area contributed by atoms with Crippen molar-refractivity contribution in [2.45, 2.75) is 57.4 Å². The van der Waals surface area contributed by atoms with E-state index < -0.39 is 10.0 Å². The number of hydrogen-bond acceptors (Lipinski definition) is 3. The summed E-state index contributed by atoms with van der Waals surface area (Å²) in [6.45, 7) is 6.95. The van der Waals surface area contributed by atoms with Gasteiger partial charge in [0.1, 0.15) is 0 Å². The Bertz CT molecular complexity index is 506. The van der Waals surface area contributed by atoms with Crippen LogP contribution in [-0.2, 0) is 15.9 Å². The molecule has 0 aliphatic heterocycles. The third-order valence-electron chi connectivity index (χ3n) is 3.28. The monoisotopic (exact) mass is 321 g/mol. The SMILES string of the molecule is CCCCN(CCCC)S(=O)(=O)c1n[nH]c(C)c1CCl. The second-order valence-electron chi connectivity index (χ2n) is 4.88. The summed E-state index contributed by atoms with van der Waals surface area (Å²) >= 11 is 5.86. The molecule has 5 nitrogen and oxygen atoms in total. The molecule has 0 amide bonds. The molecule has 1 aromatic heterocycles. The molecule has 0 aliphatic carbocycles. The maximum atomic E-state index is 12.7.